The molecule has 7 aromatic carbocycles. The Morgan fingerprint density at radius 1 is 0.537 bits per heavy atom. The summed E-state index contributed by atoms with van der Waals surface area (Å²) in [4.78, 5) is 4.56. The molecule has 0 aliphatic heterocycles. The third-order valence-electron chi connectivity index (χ3n) is 11.9. The molecule has 9 aromatic rings. The molecule has 54 heavy (non-hydrogen) atoms. The lowest BCUT2D eigenvalue weighted by Gasteiger charge is -2.40. The molecule has 0 saturated carbocycles. The molecular formula is C52H36N2. The lowest BCUT2D eigenvalue weighted by molar-refractivity contribution is 0.547. The van der Waals surface area contributed by atoms with Crippen LogP contribution in [0.3, 0.4) is 0 Å². The number of nitrogens with zero attached hydrogens (tertiary/aromatic N) is 2. The van der Waals surface area contributed by atoms with Crippen molar-refractivity contribution >= 4 is 54.5 Å². The Labute approximate surface area is 314 Å². The highest BCUT2D eigenvalue weighted by Gasteiger charge is 2.39. The van der Waals surface area contributed by atoms with E-state index in [1.54, 1.807) is 0 Å². The average molecular weight is 689 g/mol. The smallest absolute Gasteiger partial charge is 0.0571 e. The summed E-state index contributed by atoms with van der Waals surface area (Å²) in [6, 6.07) is 58.3. The molecule has 1 unspecified atom stereocenters. The summed E-state index contributed by atoms with van der Waals surface area (Å²) < 4.78 is 2.35. The SMILES string of the molecule is CC12CC=CC=C1C(c1ccc3ccccc3c1)=c1cc(-c3ccc4c(c3)c3cnccc3n4-c3ccccc3)ccc1=C2c1ccc2ccccc2c1. The van der Waals surface area contributed by atoms with Crippen LogP contribution in [0.5, 0.6) is 0 Å². The predicted molar refractivity (Wildman–Crippen MR) is 226 cm³/mol. The Morgan fingerprint density at radius 3 is 1.98 bits per heavy atom. The van der Waals surface area contributed by atoms with E-state index in [0.29, 0.717) is 0 Å². The maximum Gasteiger partial charge on any atom is 0.0571 e. The van der Waals surface area contributed by atoms with Crippen molar-refractivity contribution in [3.8, 4) is 16.8 Å². The third-order valence-corrected chi connectivity index (χ3v) is 11.9. The van der Waals surface area contributed by atoms with Crippen molar-refractivity contribution in [1.82, 2.24) is 9.55 Å². The number of aromatic nitrogens is 2. The first-order valence-electron chi connectivity index (χ1n) is 18.8. The van der Waals surface area contributed by atoms with Gasteiger partial charge in [0.05, 0.1) is 11.0 Å². The highest BCUT2D eigenvalue weighted by Crippen LogP contribution is 2.51. The molecule has 2 nitrogen and oxygen atoms in total. The van der Waals surface area contributed by atoms with E-state index in [2.05, 4.69) is 192 Å². The first-order chi connectivity index (χ1) is 26.6. The van der Waals surface area contributed by atoms with Gasteiger partial charge in [0.15, 0.2) is 0 Å². The van der Waals surface area contributed by atoms with Crippen LogP contribution >= 0.6 is 0 Å². The van der Waals surface area contributed by atoms with Gasteiger partial charge in [-0.05, 0) is 126 Å². The van der Waals surface area contributed by atoms with E-state index < -0.39 is 0 Å². The van der Waals surface area contributed by atoms with Crippen LogP contribution in [-0.4, -0.2) is 9.55 Å². The molecular weight excluding hydrogens is 653 g/mol. The van der Waals surface area contributed by atoms with Crippen LogP contribution in [0.2, 0.25) is 0 Å². The van der Waals surface area contributed by atoms with E-state index >= 15 is 0 Å². The van der Waals surface area contributed by atoms with Crippen molar-refractivity contribution in [2.75, 3.05) is 0 Å². The average Bonchev–Trinajstić information content (AvgIpc) is 3.56. The summed E-state index contributed by atoms with van der Waals surface area (Å²) in [7, 11) is 0. The van der Waals surface area contributed by atoms with Crippen molar-refractivity contribution in [2.45, 2.75) is 13.3 Å². The van der Waals surface area contributed by atoms with Crippen LogP contribution in [0.15, 0.2) is 194 Å². The Bertz CT molecular complexity index is 3200. The summed E-state index contributed by atoms with van der Waals surface area (Å²) in [5.41, 5.74) is 12.3. The summed E-state index contributed by atoms with van der Waals surface area (Å²) in [6.45, 7) is 2.45. The van der Waals surface area contributed by atoms with E-state index in [1.807, 2.05) is 12.4 Å². The highest BCUT2D eigenvalue weighted by atomic mass is 15.0. The molecule has 0 amide bonds. The van der Waals surface area contributed by atoms with Gasteiger partial charge in [-0.3, -0.25) is 4.98 Å². The van der Waals surface area contributed by atoms with Gasteiger partial charge in [-0.15, -0.1) is 0 Å². The van der Waals surface area contributed by atoms with Crippen molar-refractivity contribution in [3.05, 3.63) is 215 Å². The molecule has 2 heteroatoms. The van der Waals surface area contributed by atoms with Crippen molar-refractivity contribution in [3.63, 3.8) is 0 Å². The zero-order valence-corrected chi connectivity index (χ0v) is 30.0. The number of rotatable bonds is 4. The predicted octanol–water partition coefficient (Wildman–Crippen LogP) is 11.5. The number of hydrogen-bond donors (Lipinski definition) is 0. The molecule has 0 radical (unpaired) electrons. The summed E-state index contributed by atoms with van der Waals surface area (Å²) >= 11 is 0. The zero-order valence-electron chi connectivity index (χ0n) is 30.0. The quantitative estimate of drug-likeness (QED) is 0.180. The van der Waals surface area contributed by atoms with Gasteiger partial charge in [-0.1, -0.05) is 134 Å². The van der Waals surface area contributed by atoms with Gasteiger partial charge in [0, 0.05) is 34.3 Å². The second-order valence-corrected chi connectivity index (χ2v) is 15.0. The first kappa shape index (κ1) is 30.8. The minimum absolute atomic E-state index is 0.210. The van der Waals surface area contributed by atoms with Crippen LogP contribution in [0, 0.1) is 5.41 Å². The van der Waals surface area contributed by atoms with Crippen molar-refractivity contribution < 1.29 is 0 Å². The number of pyridine rings is 1. The molecule has 2 aliphatic rings. The van der Waals surface area contributed by atoms with Gasteiger partial charge in [-0.2, -0.15) is 0 Å². The third kappa shape index (κ3) is 4.63. The van der Waals surface area contributed by atoms with Crippen LogP contribution in [0.1, 0.15) is 24.5 Å². The maximum atomic E-state index is 4.56. The first-order valence-corrected chi connectivity index (χ1v) is 18.8. The number of hydrogen-bond acceptors (Lipinski definition) is 1. The van der Waals surface area contributed by atoms with E-state index in [4.69, 9.17) is 0 Å². The highest BCUT2D eigenvalue weighted by molar-refractivity contribution is 6.10. The van der Waals surface area contributed by atoms with Gasteiger partial charge in [0.25, 0.3) is 0 Å². The lowest BCUT2D eigenvalue weighted by atomic mass is 9.62. The molecule has 0 spiro atoms. The van der Waals surface area contributed by atoms with Crippen LogP contribution < -0.4 is 10.4 Å². The van der Waals surface area contributed by atoms with Gasteiger partial charge < -0.3 is 4.57 Å². The molecule has 2 aliphatic carbocycles. The van der Waals surface area contributed by atoms with Gasteiger partial charge in [0.2, 0.25) is 0 Å². The Hall–Kier alpha value is -6.77. The van der Waals surface area contributed by atoms with Gasteiger partial charge in [-0.25, -0.2) is 0 Å². The van der Waals surface area contributed by atoms with E-state index in [-0.39, 0.29) is 5.41 Å². The topological polar surface area (TPSA) is 17.8 Å². The molecule has 0 saturated heterocycles. The summed E-state index contributed by atoms with van der Waals surface area (Å²) in [5.74, 6) is 0. The normalized spacial score (nSPS) is 16.6. The summed E-state index contributed by atoms with van der Waals surface area (Å²) in [5, 5.41) is 9.98. The Balaban J connectivity index is 1.22. The number of para-hydroxylation sites is 1. The zero-order chi connectivity index (χ0) is 35.8. The van der Waals surface area contributed by atoms with E-state index in [1.165, 1.54) is 81.9 Å². The molecule has 0 bridgehead atoms. The standard InChI is InChI=1S/C52H36N2/c1-52-27-10-9-17-47(52)50(40-20-18-34-11-5-7-13-36(34)29-40)45-32-38(22-24-43(45)51(52)41-21-19-35-12-6-8-14-37(35)30-41)39-23-25-48-44(31-39)46-33-53-28-26-49(46)54(48)42-15-3-2-4-16-42/h2-26,28-33H,27H2,1H3. The second-order valence-electron chi connectivity index (χ2n) is 15.0. The molecule has 2 heterocycles. The second kappa shape index (κ2) is 11.9. The van der Waals surface area contributed by atoms with Gasteiger partial charge in [0.1, 0.15) is 0 Å². The Kier molecular flexibility index (Phi) is 6.78. The maximum absolute atomic E-state index is 4.56. The fourth-order valence-corrected chi connectivity index (χ4v) is 9.32. The summed E-state index contributed by atoms with van der Waals surface area (Å²) in [6.07, 6.45) is 11.8. The van der Waals surface area contributed by atoms with Crippen LogP contribution in [0.25, 0.3) is 71.3 Å². The number of fused-ring (bicyclic) bond motifs is 7. The molecule has 254 valence electrons. The van der Waals surface area contributed by atoms with Crippen molar-refractivity contribution in [1.29, 1.82) is 0 Å². The molecule has 11 rings (SSSR count). The minimum Gasteiger partial charge on any atom is -0.309 e. The Morgan fingerprint density at radius 2 is 1.19 bits per heavy atom. The largest absolute Gasteiger partial charge is 0.309 e. The minimum atomic E-state index is -0.210. The molecule has 0 N–H and O–H groups in total. The monoisotopic (exact) mass is 688 g/mol. The fraction of sp³-hybridized carbons (Fsp3) is 0.0577. The van der Waals surface area contributed by atoms with Crippen LogP contribution in [0.4, 0.5) is 0 Å². The number of allylic oxidation sites excluding steroid dienone is 4. The van der Waals surface area contributed by atoms with Crippen LogP contribution in [-0.2, 0) is 0 Å². The molecule has 0 fully saturated rings. The van der Waals surface area contributed by atoms with E-state index in [9.17, 15) is 0 Å². The lowest BCUT2D eigenvalue weighted by Crippen LogP contribution is -2.42. The fourth-order valence-electron chi connectivity index (χ4n) is 9.32. The van der Waals surface area contributed by atoms with E-state index in [0.717, 1.165) is 23.0 Å². The van der Waals surface area contributed by atoms with Gasteiger partial charge >= 0.3 is 0 Å². The van der Waals surface area contributed by atoms with Crippen molar-refractivity contribution in [2.24, 2.45) is 5.41 Å². The molecule has 2 aromatic heterocycles. The molecule has 1 atom stereocenters. The number of benzene rings is 7.